The van der Waals surface area contributed by atoms with Crippen LogP contribution in [-0.2, 0) is 0 Å². The van der Waals surface area contributed by atoms with Crippen LogP contribution in [0.2, 0.25) is 0 Å². The van der Waals surface area contributed by atoms with Gasteiger partial charge in [0, 0.05) is 23.8 Å². The fourth-order valence-electron chi connectivity index (χ4n) is 3.70. The molecule has 0 aliphatic heterocycles. The summed E-state index contributed by atoms with van der Waals surface area (Å²) in [6, 6.07) is 15.9. The highest BCUT2D eigenvalue weighted by Crippen LogP contribution is 2.33. The maximum absolute atomic E-state index is 13.8. The zero-order chi connectivity index (χ0) is 27.0. The average Bonchev–Trinajstić information content (AvgIpc) is 3.49. The van der Waals surface area contributed by atoms with Crippen LogP contribution >= 0.6 is 15.9 Å². The summed E-state index contributed by atoms with van der Waals surface area (Å²) in [4.78, 5) is 8.36. The van der Waals surface area contributed by atoms with Gasteiger partial charge in [0.25, 0.3) is 0 Å². The highest BCUT2D eigenvalue weighted by Gasteiger charge is 2.16. The third kappa shape index (κ3) is 4.81. The van der Waals surface area contributed by atoms with E-state index in [1.54, 1.807) is 6.07 Å². The van der Waals surface area contributed by atoms with E-state index in [1.807, 2.05) is 12.1 Å². The largest absolute Gasteiger partial charge is 0.508 e. The third-order valence-electron chi connectivity index (χ3n) is 5.46. The molecule has 0 spiro atoms. The van der Waals surface area contributed by atoms with Crippen molar-refractivity contribution >= 4 is 44.2 Å². The standard InChI is InChI=1S/C15H10FNO3.C13H7BrFNO2/c1-2-8-5-10(19)7-13-14(8)20-15(17-13)11-4-3-9(18)6-12(11)16;14-9-2-1-3-11-12(9)18-13(16-11)8-5-4-7(17)6-10(8)15/h2-7,18-19H,1H2;1-6,17H. The van der Waals surface area contributed by atoms with Crippen molar-refractivity contribution in [3.63, 3.8) is 0 Å². The minimum Gasteiger partial charge on any atom is -0.508 e. The Morgan fingerprint density at radius 2 is 1.29 bits per heavy atom. The van der Waals surface area contributed by atoms with Crippen molar-refractivity contribution in [3.05, 3.63) is 95.0 Å². The Kier molecular flexibility index (Phi) is 6.56. The number of fused-ring (bicyclic) bond motifs is 2. The van der Waals surface area contributed by atoms with Gasteiger partial charge in [-0.2, -0.15) is 0 Å². The number of oxazole rings is 2. The van der Waals surface area contributed by atoms with E-state index in [-0.39, 0.29) is 40.2 Å². The van der Waals surface area contributed by atoms with E-state index in [1.165, 1.54) is 42.5 Å². The van der Waals surface area contributed by atoms with Gasteiger partial charge < -0.3 is 24.2 Å². The number of aromatic hydroxyl groups is 3. The van der Waals surface area contributed by atoms with Gasteiger partial charge in [-0.15, -0.1) is 0 Å². The first kappa shape index (κ1) is 25.0. The van der Waals surface area contributed by atoms with E-state index < -0.39 is 11.6 Å². The van der Waals surface area contributed by atoms with Crippen LogP contribution in [0.1, 0.15) is 5.56 Å². The molecule has 0 bridgehead atoms. The first-order valence-corrected chi connectivity index (χ1v) is 11.8. The van der Waals surface area contributed by atoms with Crippen LogP contribution in [-0.4, -0.2) is 25.3 Å². The van der Waals surface area contributed by atoms with Gasteiger partial charge in [0.2, 0.25) is 11.8 Å². The molecule has 2 aromatic heterocycles. The van der Waals surface area contributed by atoms with E-state index in [2.05, 4.69) is 32.5 Å². The van der Waals surface area contributed by atoms with Crippen LogP contribution in [0.3, 0.4) is 0 Å². The second kappa shape index (κ2) is 9.98. The molecule has 0 aliphatic carbocycles. The molecule has 6 aromatic rings. The first-order chi connectivity index (χ1) is 18.2. The molecule has 0 unspecified atom stereocenters. The summed E-state index contributed by atoms with van der Waals surface area (Å²) < 4.78 is 39.3. The zero-order valence-electron chi connectivity index (χ0n) is 19.3. The van der Waals surface area contributed by atoms with Crippen molar-refractivity contribution in [1.29, 1.82) is 0 Å². The van der Waals surface area contributed by atoms with Gasteiger partial charge in [-0.25, -0.2) is 18.7 Å². The Morgan fingerprint density at radius 3 is 1.84 bits per heavy atom. The van der Waals surface area contributed by atoms with Gasteiger partial charge >= 0.3 is 0 Å². The van der Waals surface area contributed by atoms with Crippen molar-refractivity contribution in [2.45, 2.75) is 0 Å². The van der Waals surface area contributed by atoms with Crippen molar-refractivity contribution in [3.8, 4) is 40.2 Å². The lowest BCUT2D eigenvalue weighted by Gasteiger charge is -1.98. The van der Waals surface area contributed by atoms with Gasteiger partial charge in [0.1, 0.15) is 39.9 Å². The lowest BCUT2D eigenvalue weighted by molar-refractivity contribution is 0.468. The second-order valence-corrected chi connectivity index (χ2v) is 8.90. The highest BCUT2D eigenvalue weighted by molar-refractivity contribution is 9.10. The Hall–Kier alpha value is -4.70. The van der Waals surface area contributed by atoms with Crippen LogP contribution in [0.5, 0.6) is 17.2 Å². The lowest BCUT2D eigenvalue weighted by atomic mass is 10.2. The molecule has 0 radical (unpaired) electrons. The number of benzene rings is 4. The molecule has 7 nitrogen and oxygen atoms in total. The first-order valence-electron chi connectivity index (χ1n) is 11.0. The second-order valence-electron chi connectivity index (χ2n) is 8.04. The van der Waals surface area contributed by atoms with E-state index in [0.717, 1.165) is 16.6 Å². The van der Waals surface area contributed by atoms with Crippen molar-refractivity contribution in [2.75, 3.05) is 0 Å². The monoisotopic (exact) mass is 578 g/mol. The van der Waals surface area contributed by atoms with Crippen LogP contribution in [0.15, 0.2) is 86.6 Å². The molecule has 0 amide bonds. The SMILES string of the molecule is C=Cc1cc(O)cc2nc(-c3ccc(O)cc3F)oc12.Oc1ccc(-c2nc3cccc(Br)c3o2)c(F)c1. The Morgan fingerprint density at radius 1 is 0.711 bits per heavy atom. The third-order valence-corrected chi connectivity index (χ3v) is 6.08. The number of phenols is 3. The quantitative estimate of drug-likeness (QED) is 0.196. The molecule has 0 aliphatic rings. The lowest BCUT2D eigenvalue weighted by Crippen LogP contribution is -1.83. The minimum absolute atomic E-state index is 0.0263. The predicted octanol–water partition coefficient (Wildman–Crippen LogP) is 7.79. The summed E-state index contributed by atoms with van der Waals surface area (Å²) >= 11 is 3.35. The van der Waals surface area contributed by atoms with E-state index in [0.29, 0.717) is 27.8 Å². The number of para-hydroxylation sites is 1. The van der Waals surface area contributed by atoms with Crippen molar-refractivity contribution in [1.82, 2.24) is 9.97 Å². The minimum atomic E-state index is -0.638. The predicted molar refractivity (Wildman–Crippen MR) is 142 cm³/mol. The molecule has 10 heteroatoms. The van der Waals surface area contributed by atoms with Gasteiger partial charge in [-0.3, -0.25) is 0 Å². The number of hydrogen-bond donors (Lipinski definition) is 3. The molecule has 4 aromatic carbocycles. The van der Waals surface area contributed by atoms with E-state index in [4.69, 9.17) is 13.9 Å². The molecule has 0 fully saturated rings. The average molecular weight is 579 g/mol. The van der Waals surface area contributed by atoms with E-state index in [9.17, 15) is 19.0 Å². The number of hydrogen-bond acceptors (Lipinski definition) is 7. The number of rotatable bonds is 3. The maximum atomic E-state index is 13.8. The summed E-state index contributed by atoms with van der Waals surface area (Å²) in [5.74, 6) is -1.22. The van der Waals surface area contributed by atoms with Gasteiger partial charge in [0.15, 0.2) is 11.2 Å². The number of nitrogens with zero attached hydrogens (tertiary/aromatic N) is 2. The molecule has 2 heterocycles. The highest BCUT2D eigenvalue weighted by atomic mass is 79.9. The smallest absolute Gasteiger partial charge is 0.230 e. The molecule has 38 heavy (non-hydrogen) atoms. The number of phenolic OH excluding ortho intramolecular Hbond substituents is 3. The van der Waals surface area contributed by atoms with Gasteiger partial charge in [0.05, 0.1) is 15.6 Å². The summed E-state index contributed by atoms with van der Waals surface area (Å²) in [6.07, 6.45) is 1.52. The molecule has 3 N–H and O–H groups in total. The van der Waals surface area contributed by atoms with Crippen molar-refractivity contribution < 1.29 is 32.9 Å². The summed E-state index contributed by atoms with van der Waals surface area (Å²) in [6.45, 7) is 3.63. The maximum Gasteiger partial charge on any atom is 0.230 e. The van der Waals surface area contributed by atoms with Crippen molar-refractivity contribution in [2.24, 2.45) is 0 Å². The zero-order valence-corrected chi connectivity index (χ0v) is 20.9. The normalized spacial score (nSPS) is 10.9. The molecule has 0 saturated heterocycles. The van der Waals surface area contributed by atoms with Gasteiger partial charge in [-0.1, -0.05) is 18.7 Å². The van der Waals surface area contributed by atoms with Crippen LogP contribution in [0.25, 0.3) is 51.2 Å². The molecule has 190 valence electrons. The topological polar surface area (TPSA) is 113 Å². The Balaban J connectivity index is 0.000000156. The number of aromatic nitrogens is 2. The summed E-state index contributed by atoms with van der Waals surface area (Å²) in [5.41, 5.74) is 2.96. The van der Waals surface area contributed by atoms with Crippen LogP contribution in [0.4, 0.5) is 8.78 Å². The summed E-state index contributed by atoms with van der Waals surface area (Å²) in [7, 11) is 0. The molecule has 0 saturated carbocycles. The fraction of sp³-hybridized carbons (Fsp3) is 0. The van der Waals surface area contributed by atoms with Crippen LogP contribution in [0, 0.1) is 11.6 Å². The van der Waals surface area contributed by atoms with Gasteiger partial charge in [-0.05, 0) is 58.4 Å². The Bertz CT molecular complexity index is 1830. The Labute approximate surface area is 222 Å². The number of halogens is 3. The van der Waals surface area contributed by atoms with E-state index >= 15 is 0 Å². The van der Waals surface area contributed by atoms with Crippen LogP contribution < -0.4 is 0 Å². The molecule has 0 atom stereocenters. The molecular weight excluding hydrogens is 562 g/mol. The summed E-state index contributed by atoms with van der Waals surface area (Å²) in [5, 5.41) is 28.0. The fourth-order valence-corrected chi connectivity index (χ4v) is 4.13. The molecule has 6 rings (SSSR count). The molecular formula is C28H17BrF2N2O5.